The Labute approximate surface area is 176 Å². The van der Waals surface area contributed by atoms with Crippen LogP contribution in [0.1, 0.15) is 51.4 Å². The van der Waals surface area contributed by atoms with Gasteiger partial charge in [-0.3, -0.25) is 4.79 Å². The smallest absolute Gasteiger partial charge is 0.333 e. The maximum absolute atomic E-state index is 13.0. The third-order valence-electron chi connectivity index (χ3n) is 4.92. The van der Waals surface area contributed by atoms with Crippen LogP contribution in [-0.2, 0) is 9.53 Å². The van der Waals surface area contributed by atoms with E-state index < -0.39 is 12.0 Å². The average Bonchev–Trinajstić information content (AvgIpc) is 3.00. The van der Waals surface area contributed by atoms with Crippen LogP contribution in [0.3, 0.4) is 0 Å². The van der Waals surface area contributed by atoms with Gasteiger partial charge in [-0.1, -0.05) is 35.4 Å². The van der Waals surface area contributed by atoms with Gasteiger partial charge in [0.05, 0.1) is 18.0 Å². The molecule has 0 unspecified atom stereocenters. The van der Waals surface area contributed by atoms with E-state index >= 15 is 0 Å². The number of nitrogens with one attached hydrogen (secondary N) is 1. The maximum Gasteiger partial charge on any atom is 0.333 e. The quantitative estimate of drug-likeness (QED) is 0.626. The molecule has 0 aliphatic rings. The molecule has 0 radical (unpaired) electrons. The van der Waals surface area contributed by atoms with Crippen molar-refractivity contribution in [3.05, 3.63) is 82.2 Å². The third kappa shape index (κ3) is 4.43. The Bertz CT molecular complexity index is 1050. The van der Waals surface area contributed by atoms with Crippen LogP contribution in [0.25, 0.3) is 5.69 Å². The maximum atomic E-state index is 13.0. The van der Waals surface area contributed by atoms with E-state index in [0.717, 1.165) is 22.5 Å². The number of aryl methyl sites for hydroxylation is 3. The number of hydrogen-bond acceptors (Lipinski definition) is 4. The molecule has 3 aromatic rings. The number of esters is 1. The van der Waals surface area contributed by atoms with Gasteiger partial charge in [0.25, 0.3) is 5.91 Å². The Morgan fingerprint density at radius 1 is 1.03 bits per heavy atom. The Kier molecular flexibility index (Phi) is 6.35. The summed E-state index contributed by atoms with van der Waals surface area (Å²) in [5.41, 5.74) is 5.44. The highest BCUT2D eigenvalue weighted by Crippen LogP contribution is 2.26. The number of benzene rings is 2. The summed E-state index contributed by atoms with van der Waals surface area (Å²) >= 11 is 0. The first-order valence-corrected chi connectivity index (χ1v) is 9.99. The van der Waals surface area contributed by atoms with Gasteiger partial charge >= 0.3 is 5.97 Å². The number of nitrogens with zero attached hydrogens (tertiary/aromatic N) is 2. The Balaban J connectivity index is 2.02. The molecular formula is C24H27N3O3. The monoisotopic (exact) mass is 405 g/mol. The lowest BCUT2D eigenvalue weighted by molar-refractivity contribution is -0.145. The third-order valence-corrected chi connectivity index (χ3v) is 4.92. The summed E-state index contributed by atoms with van der Waals surface area (Å²) in [4.78, 5) is 25.8. The number of hydrogen-bond donors (Lipinski definition) is 1. The lowest BCUT2D eigenvalue weighted by Crippen LogP contribution is -2.35. The lowest BCUT2D eigenvalue weighted by atomic mass is 10.0. The number of carbonyl (C=O) groups is 2. The van der Waals surface area contributed by atoms with Gasteiger partial charge in [0, 0.05) is 16.8 Å². The molecule has 156 valence electrons. The molecule has 1 heterocycles. The standard InChI is InChI=1S/C24H27N3O3/c1-6-30-24(29)22(25-23(28)19-13-15(2)12-16(3)14-19)21-17(4)26-27(18(21)5)20-10-8-7-9-11-20/h7-14,22H,6H2,1-5H3,(H,25,28)/t22-/m1/s1. The van der Waals surface area contributed by atoms with Gasteiger partial charge in [-0.25, -0.2) is 9.48 Å². The van der Waals surface area contributed by atoms with E-state index in [1.807, 2.05) is 64.1 Å². The molecule has 0 saturated carbocycles. The average molecular weight is 405 g/mol. The molecule has 3 rings (SSSR count). The summed E-state index contributed by atoms with van der Waals surface area (Å²) in [5, 5.41) is 7.48. The fourth-order valence-corrected chi connectivity index (χ4v) is 3.69. The van der Waals surface area contributed by atoms with Gasteiger partial charge in [-0.05, 0) is 58.9 Å². The first-order valence-electron chi connectivity index (χ1n) is 9.99. The van der Waals surface area contributed by atoms with E-state index in [1.54, 1.807) is 23.7 Å². The van der Waals surface area contributed by atoms with Gasteiger partial charge in [0.15, 0.2) is 6.04 Å². The molecule has 1 atom stereocenters. The fraction of sp³-hybridized carbons (Fsp3) is 0.292. The first-order chi connectivity index (χ1) is 14.3. The molecule has 0 fully saturated rings. The van der Waals surface area contributed by atoms with Crippen molar-refractivity contribution in [2.75, 3.05) is 6.61 Å². The largest absolute Gasteiger partial charge is 0.464 e. The molecule has 2 aromatic carbocycles. The highest BCUT2D eigenvalue weighted by molar-refractivity contribution is 5.97. The SMILES string of the molecule is CCOC(=O)[C@H](NC(=O)c1cc(C)cc(C)c1)c1c(C)nn(-c2ccccc2)c1C. The molecule has 1 amide bonds. The molecule has 1 N–H and O–H groups in total. The minimum Gasteiger partial charge on any atom is -0.464 e. The zero-order chi connectivity index (χ0) is 21.8. The van der Waals surface area contributed by atoms with Crippen molar-refractivity contribution in [2.24, 2.45) is 0 Å². The first kappa shape index (κ1) is 21.3. The van der Waals surface area contributed by atoms with Crippen molar-refractivity contribution >= 4 is 11.9 Å². The van der Waals surface area contributed by atoms with Gasteiger partial charge in [-0.2, -0.15) is 5.10 Å². The second-order valence-electron chi connectivity index (χ2n) is 7.37. The Morgan fingerprint density at radius 3 is 2.27 bits per heavy atom. The molecule has 0 spiro atoms. The Hall–Kier alpha value is -3.41. The molecule has 0 aliphatic carbocycles. The molecule has 30 heavy (non-hydrogen) atoms. The number of ether oxygens (including phenoxy) is 1. The summed E-state index contributed by atoms with van der Waals surface area (Å²) < 4.78 is 7.05. The van der Waals surface area contributed by atoms with E-state index in [4.69, 9.17) is 4.74 Å². The minimum atomic E-state index is -0.948. The van der Waals surface area contributed by atoms with Crippen LogP contribution in [0, 0.1) is 27.7 Å². The number of para-hydroxylation sites is 1. The molecule has 6 heteroatoms. The molecule has 0 saturated heterocycles. The van der Waals surface area contributed by atoms with Crippen molar-refractivity contribution in [3.63, 3.8) is 0 Å². The molecular weight excluding hydrogens is 378 g/mol. The van der Waals surface area contributed by atoms with Gasteiger partial charge < -0.3 is 10.1 Å². The van der Waals surface area contributed by atoms with Gasteiger partial charge in [0.2, 0.25) is 0 Å². The van der Waals surface area contributed by atoms with Crippen molar-refractivity contribution < 1.29 is 14.3 Å². The second-order valence-corrected chi connectivity index (χ2v) is 7.37. The topological polar surface area (TPSA) is 73.2 Å². The van der Waals surface area contributed by atoms with Crippen LogP contribution in [0.2, 0.25) is 0 Å². The van der Waals surface area contributed by atoms with Crippen LogP contribution in [-0.4, -0.2) is 28.3 Å². The molecule has 1 aromatic heterocycles. The Morgan fingerprint density at radius 2 is 1.67 bits per heavy atom. The number of amides is 1. The normalized spacial score (nSPS) is 11.8. The summed E-state index contributed by atoms with van der Waals surface area (Å²) in [6.45, 7) is 9.55. The van der Waals surface area contributed by atoms with Crippen LogP contribution < -0.4 is 5.32 Å². The van der Waals surface area contributed by atoms with E-state index in [9.17, 15) is 9.59 Å². The predicted octanol–water partition coefficient (Wildman–Crippen LogP) is 4.14. The highest BCUT2D eigenvalue weighted by Gasteiger charge is 2.30. The molecule has 0 aliphatic heterocycles. The second kappa shape index (κ2) is 8.95. The number of aromatic nitrogens is 2. The number of rotatable bonds is 6. The van der Waals surface area contributed by atoms with Crippen molar-refractivity contribution in [2.45, 2.75) is 40.7 Å². The summed E-state index contributed by atoms with van der Waals surface area (Å²) in [6.07, 6.45) is 0. The summed E-state index contributed by atoms with van der Waals surface area (Å²) in [6, 6.07) is 14.3. The highest BCUT2D eigenvalue weighted by atomic mass is 16.5. The predicted molar refractivity (Wildman–Crippen MR) is 116 cm³/mol. The van der Waals surface area contributed by atoms with Crippen LogP contribution in [0.15, 0.2) is 48.5 Å². The molecule has 0 bridgehead atoms. The molecule has 6 nitrogen and oxygen atoms in total. The fourth-order valence-electron chi connectivity index (χ4n) is 3.69. The zero-order valence-electron chi connectivity index (χ0n) is 18.0. The van der Waals surface area contributed by atoms with Crippen LogP contribution in [0.4, 0.5) is 0 Å². The summed E-state index contributed by atoms with van der Waals surface area (Å²) in [7, 11) is 0. The zero-order valence-corrected chi connectivity index (χ0v) is 18.0. The van der Waals surface area contributed by atoms with Crippen LogP contribution >= 0.6 is 0 Å². The van der Waals surface area contributed by atoms with E-state index in [2.05, 4.69) is 10.4 Å². The van der Waals surface area contributed by atoms with Gasteiger partial charge in [0.1, 0.15) is 0 Å². The number of carbonyl (C=O) groups excluding carboxylic acids is 2. The van der Waals surface area contributed by atoms with Crippen molar-refractivity contribution in [1.29, 1.82) is 0 Å². The van der Waals surface area contributed by atoms with Crippen molar-refractivity contribution in [3.8, 4) is 5.69 Å². The van der Waals surface area contributed by atoms with Crippen LogP contribution in [0.5, 0.6) is 0 Å². The lowest BCUT2D eigenvalue weighted by Gasteiger charge is -2.19. The minimum absolute atomic E-state index is 0.222. The van der Waals surface area contributed by atoms with Gasteiger partial charge in [-0.15, -0.1) is 0 Å². The van der Waals surface area contributed by atoms with E-state index in [-0.39, 0.29) is 12.5 Å². The van der Waals surface area contributed by atoms with Crippen molar-refractivity contribution in [1.82, 2.24) is 15.1 Å². The van der Waals surface area contributed by atoms with E-state index in [1.165, 1.54) is 0 Å². The summed E-state index contributed by atoms with van der Waals surface area (Å²) in [5.74, 6) is -0.833. The van der Waals surface area contributed by atoms with E-state index in [0.29, 0.717) is 16.8 Å².